The Labute approximate surface area is 213 Å². The molecule has 2 N–H and O–H groups in total. The van der Waals surface area contributed by atoms with Crippen LogP contribution in [0.1, 0.15) is 38.7 Å². The fourth-order valence-corrected chi connectivity index (χ4v) is 8.37. The number of nitrogens with zero attached hydrogens (tertiary/aromatic N) is 1. The van der Waals surface area contributed by atoms with Gasteiger partial charge in [0.05, 0.1) is 31.1 Å². The maximum absolute atomic E-state index is 17.3. The van der Waals surface area contributed by atoms with E-state index in [1.807, 2.05) is 6.92 Å². The molecule has 36 heavy (non-hydrogen) atoms. The molecule has 196 valence electrons. The van der Waals surface area contributed by atoms with E-state index in [0.29, 0.717) is 6.42 Å². The fourth-order valence-electron chi connectivity index (χ4n) is 8.21. The number of carbonyl (C=O) groups excluding carboxylic acids is 2. The second kappa shape index (κ2) is 8.86. The van der Waals surface area contributed by atoms with Crippen LogP contribution in [0.4, 0.5) is 8.78 Å². The first-order chi connectivity index (χ1) is 17.0. The normalized spacial score (nSPS) is 43.7. The van der Waals surface area contributed by atoms with Crippen molar-refractivity contribution in [2.24, 2.45) is 34.5 Å². The van der Waals surface area contributed by atoms with Crippen molar-refractivity contribution in [2.45, 2.75) is 57.6 Å². The molecule has 1 aromatic rings. The molecule has 3 fully saturated rings. The number of ketones is 2. The summed E-state index contributed by atoms with van der Waals surface area (Å²) in [6.45, 7) is 3.75. The molecule has 4 aliphatic rings. The number of furan rings is 1. The summed E-state index contributed by atoms with van der Waals surface area (Å²) in [5, 5.41) is 23.2. The summed E-state index contributed by atoms with van der Waals surface area (Å²) < 4.78 is 37.9. The van der Waals surface area contributed by atoms with Gasteiger partial charge in [-0.25, -0.2) is 8.78 Å². The maximum Gasteiger partial charge on any atom is 0.178 e. The van der Waals surface area contributed by atoms with Gasteiger partial charge in [0.25, 0.3) is 0 Å². The summed E-state index contributed by atoms with van der Waals surface area (Å²) in [5.74, 6) is -3.12. The number of aliphatic hydroxyl groups is 1. The Balaban J connectivity index is 1.51. The zero-order valence-electron chi connectivity index (χ0n) is 20.4. The van der Waals surface area contributed by atoms with Crippen molar-refractivity contribution in [3.63, 3.8) is 0 Å². The van der Waals surface area contributed by atoms with Gasteiger partial charge >= 0.3 is 0 Å². The lowest BCUT2D eigenvalue weighted by molar-refractivity contribution is -0.201. The number of halogens is 3. The Kier molecular flexibility index (Phi) is 6.34. The first-order valence-electron chi connectivity index (χ1n) is 12.5. The predicted octanol–water partition coefficient (Wildman–Crippen LogP) is 4.44. The van der Waals surface area contributed by atoms with Crippen LogP contribution < -0.4 is 0 Å². The molecule has 0 aliphatic heterocycles. The molecular formula is C27H32ClF2NO5. The highest BCUT2D eigenvalue weighted by molar-refractivity contribution is 6.28. The molecule has 0 saturated heterocycles. The van der Waals surface area contributed by atoms with Crippen molar-refractivity contribution in [1.82, 2.24) is 5.06 Å². The molecule has 5 rings (SSSR count). The van der Waals surface area contributed by atoms with E-state index < -0.39 is 52.3 Å². The molecule has 1 heterocycles. The van der Waals surface area contributed by atoms with Crippen LogP contribution in [0.5, 0.6) is 0 Å². The molecule has 4 aliphatic carbocycles. The number of rotatable bonds is 6. The van der Waals surface area contributed by atoms with Gasteiger partial charge in [0.1, 0.15) is 6.17 Å². The van der Waals surface area contributed by atoms with Gasteiger partial charge in [-0.05, 0) is 67.2 Å². The number of carbonyl (C=O) groups is 2. The zero-order valence-corrected chi connectivity index (χ0v) is 21.1. The summed E-state index contributed by atoms with van der Waals surface area (Å²) in [6, 6.07) is 1.73. The molecule has 9 atom stereocenters. The van der Waals surface area contributed by atoms with E-state index in [9.17, 15) is 19.9 Å². The first kappa shape index (κ1) is 25.8. The van der Waals surface area contributed by atoms with Crippen LogP contribution in [-0.4, -0.2) is 57.3 Å². The topological polar surface area (TPSA) is 91.0 Å². The molecule has 0 amide bonds. The fraction of sp³-hybridized carbons (Fsp3) is 0.630. The summed E-state index contributed by atoms with van der Waals surface area (Å²) in [6.07, 6.45) is 4.05. The minimum atomic E-state index is -2.21. The SMILES string of the molecule is C[C@]12C[C@H](O)[C@@]3(F)[C@@H](C[C@H](F)C4=CC(=O)C=C[C@@]43C)[C@@H]1C[C@@H](CN(O)Cc1ccoc1)[C@@H]2C(=O)CCl. The molecule has 0 radical (unpaired) electrons. The van der Waals surface area contributed by atoms with Crippen molar-refractivity contribution < 1.29 is 33.1 Å². The van der Waals surface area contributed by atoms with Crippen LogP contribution in [0.25, 0.3) is 0 Å². The van der Waals surface area contributed by atoms with E-state index >= 15 is 8.78 Å². The van der Waals surface area contributed by atoms with E-state index in [4.69, 9.17) is 16.0 Å². The van der Waals surface area contributed by atoms with Crippen molar-refractivity contribution >= 4 is 23.2 Å². The molecule has 0 unspecified atom stereocenters. The van der Waals surface area contributed by atoms with Gasteiger partial charge in [-0.3, -0.25) is 9.59 Å². The van der Waals surface area contributed by atoms with Gasteiger partial charge in [0.15, 0.2) is 17.2 Å². The summed E-state index contributed by atoms with van der Waals surface area (Å²) in [4.78, 5) is 25.2. The third-order valence-corrected chi connectivity index (χ3v) is 9.93. The second-order valence-electron chi connectivity index (χ2n) is 11.5. The van der Waals surface area contributed by atoms with Crippen LogP contribution in [0.3, 0.4) is 0 Å². The van der Waals surface area contributed by atoms with Crippen molar-refractivity contribution in [3.8, 4) is 0 Å². The number of fused-ring (bicyclic) bond motifs is 5. The molecule has 6 nitrogen and oxygen atoms in total. The standard InChI is InChI=1S/C27H32ClF2NO5/c1-25-10-23(34)27(30)19(9-21(29)20-8-17(32)3-5-26(20,27)2)18(25)7-16(24(25)22(33)11-28)13-31(35)12-15-4-6-36-14-15/h3-6,8,14,16,18-19,21,23-24,34-35H,7,9-13H2,1-2H3/t16-,18-,19-,21-,23-,24+,25-,26-,27-/m0/s1. The Hall–Kier alpha value is -1.87. The molecular weight excluding hydrogens is 492 g/mol. The lowest BCUT2D eigenvalue weighted by Crippen LogP contribution is -2.68. The van der Waals surface area contributed by atoms with E-state index in [1.165, 1.54) is 30.8 Å². The van der Waals surface area contributed by atoms with Gasteiger partial charge in [0, 0.05) is 29.4 Å². The van der Waals surface area contributed by atoms with Gasteiger partial charge in [-0.2, -0.15) is 5.06 Å². The highest BCUT2D eigenvalue weighted by Gasteiger charge is 2.73. The number of hydroxylamine groups is 2. The molecule has 0 bridgehead atoms. The third kappa shape index (κ3) is 3.59. The number of alkyl halides is 3. The van der Waals surface area contributed by atoms with Gasteiger partial charge in [0.2, 0.25) is 0 Å². The Morgan fingerprint density at radius 1 is 1.31 bits per heavy atom. The van der Waals surface area contributed by atoms with Gasteiger partial charge in [-0.15, -0.1) is 11.6 Å². The van der Waals surface area contributed by atoms with Gasteiger partial charge < -0.3 is 14.7 Å². The quantitative estimate of drug-likeness (QED) is 0.423. The predicted molar refractivity (Wildman–Crippen MR) is 128 cm³/mol. The number of allylic oxidation sites excluding steroid dienone is 4. The van der Waals surface area contributed by atoms with Crippen LogP contribution >= 0.6 is 11.6 Å². The Morgan fingerprint density at radius 3 is 2.72 bits per heavy atom. The number of hydrogen-bond donors (Lipinski definition) is 2. The van der Waals surface area contributed by atoms with Crippen molar-refractivity contribution in [3.05, 3.63) is 48.0 Å². The smallest absolute Gasteiger partial charge is 0.178 e. The van der Waals surface area contributed by atoms with E-state index in [0.717, 1.165) is 10.6 Å². The maximum atomic E-state index is 17.3. The second-order valence-corrected chi connectivity index (χ2v) is 11.8. The Morgan fingerprint density at radius 2 is 2.06 bits per heavy atom. The summed E-state index contributed by atoms with van der Waals surface area (Å²) in [5.41, 5.74) is -3.67. The first-order valence-corrected chi connectivity index (χ1v) is 13.0. The lowest BCUT2D eigenvalue weighted by atomic mass is 9.45. The molecule has 3 saturated carbocycles. The minimum absolute atomic E-state index is 0.00320. The van der Waals surface area contributed by atoms with Crippen LogP contribution in [-0.2, 0) is 16.1 Å². The van der Waals surface area contributed by atoms with Crippen molar-refractivity contribution in [1.29, 1.82) is 0 Å². The number of Topliss-reactive ketones (excluding diaryl/α,β-unsaturated/α-hetero) is 1. The monoisotopic (exact) mass is 523 g/mol. The average Bonchev–Trinajstić information content (AvgIpc) is 3.42. The van der Waals surface area contributed by atoms with E-state index in [-0.39, 0.29) is 49.1 Å². The molecule has 9 heteroatoms. The minimum Gasteiger partial charge on any atom is -0.472 e. The molecule has 0 spiro atoms. The van der Waals surface area contributed by atoms with Crippen LogP contribution in [0.2, 0.25) is 0 Å². The number of aliphatic hydroxyl groups excluding tert-OH is 1. The van der Waals surface area contributed by atoms with Crippen LogP contribution in [0.15, 0.2) is 46.8 Å². The lowest BCUT2D eigenvalue weighted by Gasteiger charge is -2.62. The number of hydrogen-bond acceptors (Lipinski definition) is 6. The summed E-state index contributed by atoms with van der Waals surface area (Å²) in [7, 11) is 0. The largest absolute Gasteiger partial charge is 0.472 e. The summed E-state index contributed by atoms with van der Waals surface area (Å²) >= 11 is 6.01. The third-order valence-electron chi connectivity index (χ3n) is 9.67. The molecule has 1 aromatic heterocycles. The van der Waals surface area contributed by atoms with E-state index in [2.05, 4.69) is 0 Å². The van der Waals surface area contributed by atoms with Gasteiger partial charge in [-0.1, -0.05) is 13.0 Å². The Bertz CT molecular complexity index is 1110. The zero-order chi connectivity index (χ0) is 26.0. The molecule has 0 aromatic carbocycles. The highest BCUT2D eigenvalue weighted by atomic mass is 35.5. The van der Waals surface area contributed by atoms with Crippen LogP contribution in [0, 0.1) is 34.5 Å². The van der Waals surface area contributed by atoms with Crippen molar-refractivity contribution in [2.75, 3.05) is 12.4 Å². The highest BCUT2D eigenvalue weighted by Crippen LogP contribution is 2.70. The average molecular weight is 524 g/mol. The van der Waals surface area contributed by atoms with E-state index in [1.54, 1.807) is 13.0 Å².